The molecule has 1 rings (SSSR count). The number of aldehydes is 1. The molecule has 0 heterocycles. The first kappa shape index (κ1) is 9.19. The van der Waals surface area contributed by atoms with Crippen molar-refractivity contribution in [2.24, 2.45) is 5.92 Å². The summed E-state index contributed by atoms with van der Waals surface area (Å²) in [7, 11) is 3.36. The van der Waals surface area contributed by atoms with Gasteiger partial charge in [0.1, 0.15) is 6.29 Å². The van der Waals surface area contributed by atoms with Crippen LogP contribution in [0.4, 0.5) is 0 Å². The molecule has 1 aliphatic rings. The maximum absolute atomic E-state index is 11.1. The predicted octanol–water partition coefficient (Wildman–Crippen LogP) is -0.701. The van der Waals surface area contributed by atoms with Crippen LogP contribution in [0.1, 0.15) is 12.8 Å². The maximum atomic E-state index is 11.1. The summed E-state index contributed by atoms with van der Waals surface area (Å²) in [5, 5.41) is 5.50. The zero-order valence-electron chi connectivity index (χ0n) is 7.39. The van der Waals surface area contributed by atoms with Gasteiger partial charge in [-0.3, -0.25) is 4.79 Å². The van der Waals surface area contributed by atoms with Gasteiger partial charge in [0, 0.05) is 13.0 Å². The van der Waals surface area contributed by atoms with E-state index in [0.29, 0.717) is 12.8 Å². The zero-order valence-corrected chi connectivity index (χ0v) is 7.39. The minimum absolute atomic E-state index is 0.00708. The highest BCUT2D eigenvalue weighted by Crippen LogP contribution is 2.35. The second-order valence-electron chi connectivity index (χ2n) is 3.24. The molecular weight excluding hydrogens is 156 g/mol. The van der Waals surface area contributed by atoms with Crippen molar-refractivity contribution in [1.82, 2.24) is 10.6 Å². The highest BCUT2D eigenvalue weighted by atomic mass is 16.2. The van der Waals surface area contributed by atoms with Crippen molar-refractivity contribution in [3.05, 3.63) is 0 Å². The number of carbonyl (C=O) groups excluding carboxylic acids is 2. The van der Waals surface area contributed by atoms with Crippen molar-refractivity contribution in [2.45, 2.75) is 18.4 Å². The number of hydrogen-bond acceptors (Lipinski definition) is 3. The van der Waals surface area contributed by atoms with Gasteiger partial charge < -0.3 is 15.4 Å². The summed E-state index contributed by atoms with van der Waals surface area (Å²) < 4.78 is 0. The number of nitrogens with one attached hydrogen (secondary N) is 2. The molecule has 0 saturated heterocycles. The number of likely N-dealkylation sites (N-methyl/N-ethyl adjacent to an activating group) is 1. The van der Waals surface area contributed by atoms with E-state index in [9.17, 15) is 9.59 Å². The molecule has 0 radical (unpaired) electrons. The van der Waals surface area contributed by atoms with Crippen LogP contribution in [0, 0.1) is 5.92 Å². The lowest BCUT2D eigenvalue weighted by Gasteiger charge is -2.42. The highest BCUT2D eigenvalue weighted by Gasteiger charge is 2.46. The lowest BCUT2D eigenvalue weighted by atomic mass is 9.69. The molecule has 4 heteroatoms. The van der Waals surface area contributed by atoms with Crippen LogP contribution in [0.2, 0.25) is 0 Å². The molecule has 1 amide bonds. The Hall–Kier alpha value is -0.900. The summed E-state index contributed by atoms with van der Waals surface area (Å²) >= 11 is 0. The molecule has 1 aliphatic carbocycles. The van der Waals surface area contributed by atoms with Crippen LogP contribution >= 0.6 is 0 Å². The molecule has 12 heavy (non-hydrogen) atoms. The standard InChI is InChI=1S/C8H14N2O2/c1-9-7(12)6-3-8(4-6,5-11)10-2/h5-6,10H,3-4H2,1-2H3,(H,9,12). The highest BCUT2D eigenvalue weighted by molar-refractivity contribution is 5.83. The zero-order chi connectivity index (χ0) is 9.19. The van der Waals surface area contributed by atoms with Crippen LogP contribution < -0.4 is 10.6 Å². The van der Waals surface area contributed by atoms with Crippen LogP contribution in [0.3, 0.4) is 0 Å². The minimum Gasteiger partial charge on any atom is -0.359 e. The Labute approximate surface area is 71.7 Å². The van der Waals surface area contributed by atoms with E-state index in [1.807, 2.05) is 0 Å². The lowest BCUT2D eigenvalue weighted by molar-refractivity contribution is -0.132. The number of rotatable bonds is 3. The Morgan fingerprint density at radius 3 is 2.42 bits per heavy atom. The molecular formula is C8H14N2O2. The first-order chi connectivity index (χ1) is 5.67. The van der Waals surface area contributed by atoms with Crippen LogP contribution in [0.5, 0.6) is 0 Å². The van der Waals surface area contributed by atoms with Crippen LogP contribution in [-0.4, -0.2) is 31.8 Å². The molecule has 0 unspecified atom stereocenters. The topological polar surface area (TPSA) is 58.2 Å². The number of carbonyl (C=O) groups is 2. The van der Waals surface area contributed by atoms with Gasteiger partial charge in [0.05, 0.1) is 5.54 Å². The molecule has 0 aromatic carbocycles. The largest absolute Gasteiger partial charge is 0.359 e. The third-order valence-electron chi connectivity index (χ3n) is 2.56. The monoisotopic (exact) mass is 170 g/mol. The van der Waals surface area contributed by atoms with E-state index in [4.69, 9.17) is 0 Å². The molecule has 0 spiro atoms. The molecule has 0 atom stereocenters. The molecule has 0 aromatic heterocycles. The summed E-state index contributed by atoms with van der Waals surface area (Å²) in [6.07, 6.45) is 2.13. The van der Waals surface area contributed by atoms with E-state index >= 15 is 0 Å². The van der Waals surface area contributed by atoms with E-state index in [1.165, 1.54) is 0 Å². The van der Waals surface area contributed by atoms with Crippen molar-refractivity contribution in [3.63, 3.8) is 0 Å². The van der Waals surface area contributed by atoms with Gasteiger partial charge >= 0.3 is 0 Å². The Balaban J connectivity index is 2.45. The fourth-order valence-electron chi connectivity index (χ4n) is 1.57. The van der Waals surface area contributed by atoms with Crippen molar-refractivity contribution in [3.8, 4) is 0 Å². The Bertz CT molecular complexity index is 197. The molecule has 68 valence electrons. The fraction of sp³-hybridized carbons (Fsp3) is 0.750. The summed E-state index contributed by atoms with van der Waals surface area (Å²) in [6.45, 7) is 0. The van der Waals surface area contributed by atoms with E-state index in [1.54, 1.807) is 14.1 Å². The van der Waals surface area contributed by atoms with Crippen molar-refractivity contribution in [2.75, 3.05) is 14.1 Å². The normalized spacial score (nSPS) is 33.7. The fourth-order valence-corrected chi connectivity index (χ4v) is 1.57. The van der Waals surface area contributed by atoms with Gasteiger partial charge in [0.15, 0.2) is 0 Å². The van der Waals surface area contributed by atoms with Gasteiger partial charge in [-0.25, -0.2) is 0 Å². The van der Waals surface area contributed by atoms with Crippen LogP contribution in [0.25, 0.3) is 0 Å². The summed E-state index contributed by atoms with van der Waals surface area (Å²) in [5.41, 5.74) is -0.433. The van der Waals surface area contributed by atoms with Gasteiger partial charge in [-0.05, 0) is 19.9 Å². The molecule has 1 saturated carbocycles. The number of hydrogen-bond donors (Lipinski definition) is 2. The maximum Gasteiger partial charge on any atom is 0.223 e. The molecule has 1 fully saturated rings. The van der Waals surface area contributed by atoms with Gasteiger partial charge in [0.25, 0.3) is 0 Å². The first-order valence-corrected chi connectivity index (χ1v) is 4.04. The van der Waals surface area contributed by atoms with E-state index in [2.05, 4.69) is 10.6 Å². The van der Waals surface area contributed by atoms with Crippen molar-refractivity contribution >= 4 is 12.2 Å². The van der Waals surface area contributed by atoms with E-state index < -0.39 is 5.54 Å². The summed E-state index contributed by atoms with van der Waals surface area (Å²) in [6, 6.07) is 0. The average Bonchev–Trinajstić information content (AvgIpc) is 2.04. The summed E-state index contributed by atoms with van der Waals surface area (Å²) in [5.74, 6) is 0.0374. The molecule has 0 bridgehead atoms. The Kier molecular flexibility index (Phi) is 2.47. The van der Waals surface area contributed by atoms with Crippen molar-refractivity contribution in [1.29, 1.82) is 0 Å². The quantitative estimate of drug-likeness (QED) is 0.551. The average molecular weight is 170 g/mol. The SMILES string of the molecule is CNC(=O)C1CC(C=O)(NC)C1. The van der Waals surface area contributed by atoms with E-state index in [0.717, 1.165) is 6.29 Å². The minimum atomic E-state index is -0.433. The molecule has 0 aromatic rings. The molecule has 2 N–H and O–H groups in total. The van der Waals surface area contributed by atoms with Crippen LogP contribution in [-0.2, 0) is 9.59 Å². The third-order valence-corrected chi connectivity index (χ3v) is 2.56. The van der Waals surface area contributed by atoms with Gasteiger partial charge in [0.2, 0.25) is 5.91 Å². The van der Waals surface area contributed by atoms with E-state index in [-0.39, 0.29) is 11.8 Å². The second-order valence-corrected chi connectivity index (χ2v) is 3.24. The second kappa shape index (κ2) is 3.23. The Morgan fingerprint density at radius 2 is 2.08 bits per heavy atom. The van der Waals surface area contributed by atoms with Crippen LogP contribution in [0.15, 0.2) is 0 Å². The van der Waals surface area contributed by atoms with Gasteiger partial charge in [-0.2, -0.15) is 0 Å². The molecule has 4 nitrogen and oxygen atoms in total. The third kappa shape index (κ3) is 1.34. The molecule has 0 aliphatic heterocycles. The van der Waals surface area contributed by atoms with Gasteiger partial charge in [-0.15, -0.1) is 0 Å². The number of amides is 1. The smallest absolute Gasteiger partial charge is 0.223 e. The predicted molar refractivity (Wildman–Crippen MR) is 44.6 cm³/mol. The van der Waals surface area contributed by atoms with Gasteiger partial charge in [-0.1, -0.05) is 0 Å². The Morgan fingerprint density at radius 1 is 1.50 bits per heavy atom. The first-order valence-electron chi connectivity index (χ1n) is 4.04. The van der Waals surface area contributed by atoms with Crippen molar-refractivity contribution < 1.29 is 9.59 Å². The summed E-state index contributed by atoms with van der Waals surface area (Å²) in [4.78, 5) is 21.7. The lowest BCUT2D eigenvalue weighted by Crippen LogP contribution is -2.58.